The summed E-state index contributed by atoms with van der Waals surface area (Å²) >= 11 is 0. The molecule has 0 spiro atoms. The highest BCUT2D eigenvalue weighted by Gasteiger charge is 2.15. The predicted molar refractivity (Wildman–Crippen MR) is 62.6 cm³/mol. The first-order valence-electron chi connectivity index (χ1n) is 6.31. The number of hydrogen-bond donors (Lipinski definition) is 0. The van der Waals surface area contributed by atoms with Crippen molar-refractivity contribution < 1.29 is 4.57 Å². The number of pyridine rings is 1. The maximum absolute atomic E-state index is 2.38. The maximum atomic E-state index is 2.38. The third kappa shape index (κ3) is 3.05. The first-order valence-corrected chi connectivity index (χ1v) is 6.31. The molecule has 0 amide bonds. The zero-order valence-corrected chi connectivity index (χ0v) is 9.78. The molecule has 1 heteroatoms. The van der Waals surface area contributed by atoms with Gasteiger partial charge in [0.25, 0.3) is 0 Å². The largest absolute Gasteiger partial charge is 0.203 e. The van der Waals surface area contributed by atoms with Crippen LogP contribution >= 0.6 is 0 Å². The molecule has 0 aromatic carbocycles. The van der Waals surface area contributed by atoms with Crippen LogP contribution in [0.2, 0.25) is 0 Å². The minimum Gasteiger partial charge on any atom is -0.203 e. The van der Waals surface area contributed by atoms with E-state index < -0.39 is 0 Å². The third-order valence-corrected chi connectivity index (χ3v) is 3.67. The van der Waals surface area contributed by atoms with Crippen molar-refractivity contribution in [3.05, 3.63) is 30.1 Å². The molecular weight excluding hydrogens is 182 g/mol. The lowest BCUT2D eigenvalue weighted by molar-refractivity contribution is -0.704. The van der Waals surface area contributed by atoms with Crippen LogP contribution in [0, 0.1) is 12.8 Å². The molecule has 0 aliphatic heterocycles. The molecule has 1 heterocycles. The monoisotopic (exact) mass is 204 g/mol. The average molecular weight is 204 g/mol. The van der Waals surface area contributed by atoms with Crippen LogP contribution in [-0.4, -0.2) is 0 Å². The molecule has 82 valence electrons. The molecule has 1 aromatic rings. The van der Waals surface area contributed by atoms with Crippen molar-refractivity contribution in [2.45, 2.75) is 52.0 Å². The Morgan fingerprint density at radius 3 is 2.73 bits per heavy atom. The fourth-order valence-corrected chi connectivity index (χ4v) is 2.61. The van der Waals surface area contributed by atoms with Gasteiger partial charge in [0, 0.05) is 25.5 Å². The Balaban J connectivity index is 1.84. The van der Waals surface area contributed by atoms with Gasteiger partial charge in [0.1, 0.15) is 6.54 Å². The highest BCUT2D eigenvalue weighted by molar-refractivity contribution is 4.94. The fourth-order valence-electron chi connectivity index (χ4n) is 2.61. The normalized spacial score (nSPS) is 17.9. The summed E-state index contributed by atoms with van der Waals surface area (Å²) in [6, 6.07) is 6.45. The molecule has 1 fully saturated rings. The van der Waals surface area contributed by atoms with Crippen molar-refractivity contribution in [3.8, 4) is 0 Å². The van der Waals surface area contributed by atoms with E-state index in [1.165, 1.54) is 50.8 Å². The van der Waals surface area contributed by atoms with E-state index in [1.54, 1.807) is 0 Å². The molecule has 0 unspecified atom stereocenters. The smallest absolute Gasteiger partial charge is 0.178 e. The van der Waals surface area contributed by atoms with Gasteiger partial charge in [-0.25, -0.2) is 4.57 Å². The second-order valence-electron chi connectivity index (χ2n) is 4.83. The molecule has 2 rings (SSSR count). The van der Waals surface area contributed by atoms with E-state index >= 15 is 0 Å². The van der Waals surface area contributed by atoms with Crippen molar-refractivity contribution in [1.82, 2.24) is 0 Å². The van der Waals surface area contributed by atoms with Crippen LogP contribution in [0.4, 0.5) is 0 Å². The summed E-state index contributed by atoms with van der Waals surface area (Å²) in [5.41, 5.74) is 1.38. The van der Waals surface area contributed by atoms with Gasteiger partial charge < -0.3 is 0 Å². The van der Waals surface area contributed by atoms with Gasteiger partial charge in [-0.3, -0.25) is 0 Å². The Morgan fingerprint density at radius 1 is 1.20 bits per heavy atom. The summed E-state index contributed by atoms with van der Waals surface area (Å²) in [6.07, 6.45) is 10.9. The molecule has 1 nitrogen and oxygen atoms in total. The SMILES string of the molecule is Cc1cccc[n+]1CCC1CCCCC1. The van der Waals surface area contributed by atoms with Crippen LogP contribution in [-0.2, 0) is 6.54 Å². The van der Waals surface area contributed by atoms with Crippen LogP contribution in [0.25, 0.3) is 0 Å². The second-order valence-corrected chi connectivity index (χ2v) is 4.83. The van der Waals surface area contributed by atoms with Crippen LogP contribution in [0.1, 0.15) is 44.2 Å². The quantitative estimate of drug-likeness (QED) is 0.665. The lowest BCUT2D eigenvalue weighted by atomic mass is 9.87. The molecule has 0 saturated heterocycles. The first-order chi connectivity index (χ1) is 7.36. The number of aromatic nitrogens is 1. The van der Waals surface area contributed by atoms with Gasteiger partial charge in [0.05, 0.1) is 0 Å². The molecular formula is C14H22N+. The van der Waals surface area contributed by atoms with E-state index in [1.807, 2.05) is 0 Å². The Hall–Kier alpha value is -0.850. The molecule has 1 aliphatic carbocycles. The third-order valence-electron chi connectivity index (χ3n) is 3.67. The Labute approximate surface area is 93.1 Å². The number of aryl methyl sites for hydroxylation is 2. The topological polar surface area (TPSA) is 3.88 Å². The molecule has 1 aromatic heterocycles. The summed E-state index contributed by atoms with van der Waals surface area (Å²) in [5, 5.41) is 0. The molecule has 0 atom stereocenters. The standard InChI is InChI=1S/C14H22N/c1-13-7-5-6-11-15(13)12-10-14-8-3-2-4-9-14/h5-7,11,14H,2-4,8-10,12H2,1H3/q+1. The summed E-state index contributed by atoms with van der Waals surface area (Å²) in [5.74, 6) is 0.992. The van der Waals surface area contributed by atoms with Gasteiger partial charge in [0.2, 0.25) is 0 Å². The van der Waals surface area contributed by atoms with Crippen molar-refractivity contribution in [3.63, 3.8) is 0 Å². The molecule has 1 aliphatic rings. The second kappa shape index (κ2) is 5.29. The van der Waals surface area contributed by atoms with Gasteiger partial charge in [-0.2, -0.15) is 0 Å². The molecule has 1 saturated carbocycles. The van der Waals surface area contributed by atoms with E-state index in [0.717, 1.165) is 5.92 Å². The Kier molecular flexibility index (Phi) is 3.76. The van der Waals surface area contributed by atoms with Crippen molar-refractivity contribution in [2.75, 3.05) is 0 Å². The van der Waals surface area contributed by atoms with Crippen LogP contribution in [0.15, 0.2) is 24.4 Å². The summed E-state index contributed by atoms with van der Waals surface area (Å²) in [4.78, 5) is 0. The lowest BCUT2D eigenvalue weighted by Gasteiger charge is -2.20. The average Bonchev–Trinajstić information content (AvgIpc) is 2.29. The van der Waals surface area contributed by atoms with E-state index in [2.05, 4.69) is 35.9 Å². The van der Waals surface area contributed by atoms with Crippen LogP contribution in [0.3, 0.4) is 0 Å². The van der Waals surface area contributed by atoms with E-state index in [4.69, 9.17) is 0 Å². The van der Waals surface area contributed by atoms with Crippen LogP contribution in [0.5, 0.6) is 0 Å². The van der Waals surface area contributed by atoms with Crippen molar-refractivity contribution >= 4 is 0 Å². The van der Waals surface area contributed by atoms with Crippen LogP contribution < -0.4 is 4.57 Å². The fraction of sp³-hybridized carbons (Fsp3) is 0.643. The Morgan fingerprint density at radius 2 is 2.00 bits per heavy atom. The zero-order valence-electron chi connectivity index (χ0n) is 9.78. The number of nitrogens with zero attached hydrogens (tertiary/aromatic N) is 1. The van der Waals surface area contributed by atoms with Gasteiger partial charge in [-0.05, 0) is 5.92 Å². The zero-order chi connectivity index (χ0) is 10.5. The highest BCUT2D eigenvalue weighted by Crippen LogP contribution is 2.25. The molecule has 0 radical (unpaired) electrons. The van der Waals surface area contributed by atoms with Gasteiger partial charge in [-0.15, -0.1) is 0 Å². The van der Waals surface area contributed by atoms with E-state index in [9.17, 15) is 0 Å². The van der Waals surface area contributed by atoms with Gasteiger partial charge in [0.15, 0.2) is 11.9 Å². The summed E-state index contributed by atoms with van der Waals surface area (Å²) in [6.45, 7) is 3.40. The molecule has 0 N–H and O–H groups in total. The van der Waals surface area contributed by atoms with Gasteiger partial charge in [-0.1, -0.05) is 38.2 Å². The minimum absolute atomic E-state index is 0.992. The summed E-state index contributed by atoms with van der Waals surface area (Å²) < 4.78 is 2.38. The number of hydrogen-bond acceptors (Lipinski definition) is 0. The molecule has 15 heavy (non-hydrogen) atoms. The number of rotatable bonds is 3. The minimum atomic E-state index is 0.992. The predicted octanol–water partition coefficient (Wildman–Crippen LogP) is 3.25. The van der Waals surface area contributed by atoms with E-state index in [0.29, 0.717) is 0 Å². The maximum Gasteiger partial charge on any atom is 0.178 e. The van der Waals surface area contributed by atoms with E-state index in [-0.39, 0.29) is 0 Å². The highest BCUT2D eigenvalue weighted by atomic mass is 14.9. The summed E-state index contributed by atoms with van der Waals surface area (Å²) in [7, 11) is 0. The van der Waals surface area contributed by atoms with Crippen molar-refractivity contribution in [2.24, 2.45) is 5.92 Å². The van der Waals surface area contributed by atoms with Crippen molar-refractivity contribution in [1.29, 1.82) is 0 Å². The van der Waals surface area contributed by atoms with Gasteiger partial charge >= 0.3 is 0 Å². The molecule has 0 bridgehead atoms. The Bertz CT molecular complexity index is 300. The lowest BCUT2D eigenvalue weighted by Crippen LogP contribution is -2.37. The first kappa shape index (κ1) is 10.7.